The molecule has 12 heteroatoms. The molecule has 2 aromatic carbocycles. The van der Waals surface area contributed by atoms with Crippen LogP contribution in [0.1, 0.15) is 22.8 Å². The highest BCUT2D eigenvalue weighted by molar-refractivity contribution is 6.32. The third-order valence-electron chi connectivity index (χ3n) is 3.50. The first kappa shape index (κ1) is 22.0. The van der Waals surface area contributed by atoms with Crippen molar-refractivity contribution in [2.75, 3.05) is 0 Å². The van der Waals surface area contributed by atoms with Gasteiger partial charge in [0.1, 0.15) is 17.1 Å². The first-order valence-corrected chi connectivity index (χ1v) is 8.04. The molecular formula is C17H11ClF3NO7. The number of carboxylic acids is 1. The number of nitro groups is 1. The Labute approximate surface area is 165 Å². The first-order valence-electron chi connectivity index (χ1n) is 7.67. The normalized spacial score (nSPS) is 12.2. The molecule has 0 aromatic heterocycles. The lowest BCUT2D eigenvalue weighted by Crippen LogP contribution is -2.24. The summed E-state index contributed by atoms with van der Waals surface area (Å²) in [5.74, 6) is -3.14. The van der Waals surface area contributed by atoms with Crippen molar-refractivity contribution in [1.29, 1.82) is 0 Å². The largest absolute Gasteiger partial charge is 0.479 e. The monoisotopic (exact) mass is 433 g/mol. The Bertz CT molecular complexity index is 978. The Kier molecular flexibility index (Phi) is 6.32. The number of carbonyl (C=O) groups is 2. The van der Waals surface area contributed by atoms with Crippen LogP contribution in [0.3, 0.4) is 0 Å². The lowest BCUT2D eigenvalue weighted by atomic mass is 10.1. The number of halogens is 4. The van der Waals surface area contributed by atoms with Gasteiger partial charge < -0.3 is 14.6 Å². The molecule has 0 saturated carbocycles. The van der Waals surface area contributed by atoms with Crippen LogP contribution in [0.15, 0.2) is 36.4 Å². The Morgan fingerprint density at radius 2 is 1.86 bits per heavy atom. The number of ether oxygens (including phenoxy) is 2. The summed E-state index contributed by atoms with van der Waals surface area (Å²) in [6.07, 6.45) is -6.19. The third-order valence-corrected chi connectivity index (χ3v) is 3.80. The number of nitro benzene ring substituents is 1. The first-order chi connectivity index (χ1) is 13.4. The Morgan fingerprint density at radius 1 is 1.21 bits per heavy atom. The molecule has 0 unspecified atom stereocenters. The maximum absolute atomic E-state index is 12.7. The fourth-order valence-corrected chi connectivity index (χ4v) is 2.28. The number of carboxylic acid groups (broad SMARTS) is 1. The van der Waals surface area contributed by atoms with Gasteiger partial charge in [0.2, 0.25) is 0 Å². The molecular weight excluding hydrogens is 423 g/mol. The van der Waals surface area contributed by atoms with Crippen LogP contribution < -0.4 is 4.74 Å². The molecule has 154 valence electrons. The molecule has 0 fully saturated rings. The van der Waals surface area contributed by atoms with Gasteiger partial charge in [-0.3, -0.25) is 10.1 Å². The van der Waals surface area contributed by atoms with Gasteiger partial charge in [0, 0.05) is 12.1 Å². The minimum absolute atomic E-state index is 0.174. The van der Waals surface area contributed by atoms with Crippen molar-refractivity contribution in [2.24, 2.45) is 0 Å². The maximum atomic E-state index is 12.7. The van der Waals surface area contributed by atoms with Gasteiger partial charge >= 0.3 is 18.1 Å². The molecule has 0 saturated heterocycles. The summed E-state index contributed by atoms with van der Waals surface area (Å²) < 4.78 is 48.0. The minimum Gasteiger partial charge on any atom is -0.479 e. The van der Waals surface area contributed by atoms with Gasteiger partial charge in [-0.15, -0.1) is 0 Å². The highest BCUT2D eigenvalue weighted by Gasteiger charge is 2.31. The second kappa shape index (κ2) is 8.35. The standard InChI is InChI=1S/C17H11ClF3NO7/c1-8(15(23)24)28-16(25)11-7-10(3-4-13(11)22(26)27)29-14-5-2-9(6-12(14)18)17(19,20)21/h2-8H,1H3,(H,23,24)/t8-/m0/s1. The molecule has 0 amide bonds. The van der Waals surface area contributed by atoms with Crippen LogP contribution in [-0.4, -0.2) is 28.1 Å². The summed E-state index contributed by atoms with van der Waals surface area (Å²) >= 11 is 5.78. The predicted molar refractivity (Wildman–Crippen MR) is 92.1 cm³/mol. The van der Waals surface area contributed by atoms with Crippen molar-refractivity contribution >= 4 is 29.2 Å². The van der Waals surface area contributed by atoms with E-state index >= 15 is 0 Å². The summed E-state index contributed by atoms with van der Waals surface area (Å²) in [6, 6.07) is 5.17. The van der Waals surface area contributed by atoms with Crippen molar-refractivity contribution < 1.29 is 42.3 Å². The zero-order chi connectivity index (χ0) is 21.9. The van der Waals surface area contributed by atoms with E-state index in [1.54, 1.807) is 0 Å². The highest BCUT2D eigenvalue weighted by atomic mass is 35.5. The van der Waals surface area contributed by atoms with E-state index in [-0.39, 0.29) is 16.5 Å². The van der Waals surface area contributed by atoms with Gasteiger partial charge in [0.05, 0.1) is 15.5 Å². The van der Waals surface area contributed by atoms with E-state index in [4.69, 9.17) is 21.4 Å². The Morgan fingerprint density at radius 3 is 2.38 bits per heavy atom. The SMILES string of the molecule is C[C@H](OC(=O)c1cc(Oc2ccc(C(F)(F)F)cc2Cl)ccc1[N+](=O)[O-])C(=O)O. The summed E-state index contributed by atoms with van der Waals surface area (Å²) in [6.45, 7) is 1.05. The van der Waals surface area contributed by atoms with Crippen LogP contribution in [0.5, 0.6) is 11.5 Å². The van der Waals surface area contributed by atoms with Gasteiger partial charge in [-0.05, 0) is 31.2 Å². The van der Waals surface area contributed by atoms with Crippen LogP contribution in [0.4, 0.5) is 18.9 Å². The number of esters is 1. The fourth-order valence-electron chi connectivity index (χ4n) is 2.06. The van der Waals surface area contributed by atoms with Gasteiger partial charge in [0.25, 0.3) is 5.69 Å². The number of hydrogen-bond donors (Lipinski definition) is 1. The van der Waals surface area contributed by atoms with Crippen LogP contribution in [0.25, 0.3) is 0 Å². The summed E-state index contributed by atoms with van der Waals surface area (Å²) in [5, 5.41) is 19.5. The van der Waals surface area contributed by atoms with Gasteiger partial charge in [-0.25, -0.2) is 9.59 Å². The van der Waals surface area contributed by atoms with E-state index in [0.29, 0.717) is 6.07 Å². The van der Waals surface area contributed by atoms with Crippen LogP contribution >= 0.6 is 11.6 Å². The molecule has 1 atom stereocenters. The fraction of sp³-hybridized carbons (Fsp3) is 0.176. The van der Waals surface area contributed by atoms with Crippen LogP contribution in [0, 0.1) is 10.1 Å². The second-order valence-corrected chi connectivity index (χ2v) is 5.97. The van der Waals surface area contributed by atoms with E-state index in [2.05, 4.69) is 4.74 Å². The van der Waals surface area contributed by atoms with Crippen LogP contribution in [0.2, 0.25) is 5.02 Å². The predicted octanol–water partition coefficient (Wildman–Crippen LogP) is 4.69. The lowest BCUT2D eigenvalue weighted by molar-refractivity contribution is -0.385. The smallest absolute Gasteiger partial charge is 0.416 e. The summed E-state index contributed by atoms with van der Waals surface area (Å²) in [4.78, 5) is 33.1. The van der Waals surface area contributed by atoms with Crippen LogP contribution in [-0.2, 0) is 15.7 Å². The van der Waals surface area contributed by atoms with Gasteiger partial charge in [-0.1, -0.05) is 11.6 Å². The summed E-state index contributed by atoms with van der Waals surface area (Å²) in [7, 11) is 0. The quantitative estimate of drug-likeness (QED) is 0.399. The Balaban J connectivity index is 2.37. The second-order valence-electron chi connectivity index (χ2n) is 5.57. The van der Waals surface area contributed by atoms with Crippen molar-refractivity contribution in [3.8, 4) is 11.5 Å². The van der Waals surface area contributed by atoms with E-state index < -0.39 is 46.0 Å². The van der Waals surface area contributed by atoms with Crippen molar-refractivity contribution in [1.82, 2.24) is 0 Å². The van der Waals surface area contributed by atoms with Crippen molar-refractivity contribution in [3.63, 3.8) is 0 Å². The zero-order valence-electron chi connectivity index (χ0n) is 14.4. The van der Waals surface area contributed by atoms with E-state index in [0.717, 1.165) is 37.3 Å². The number of nitrogens with zero attached hydrogens (tertiary/aromatic N) is 1. The number of alkyl halides is 3. The topological polar surface area (TPSA) is 116 Å². The number of benzene rings is 2. The van der Waals surface area contributed by atoms with Crippen molar-refractivity contribution in [2.45, 2.75) is 19.2 Å². The molecule has 29 heavy (non-hydrogen) atoms. The number of rotatable bonds is 6. The third kappa shape index (κ3) is 5.35. The summed E-state index contributed by atoms with van der Waals surface area (Å²) in [5.41, 5.74) is -2.30. The average molecular weight is 434 g/mol. The highest BCUT2D eigenvalue weighted by Crippen LogP contribution is 2.37. The molecule has 1 N–H and O–H groups in total. The van der Waals surface area contributed by atoms with Crippen molar-refractivity contribution in [3.05, 3.63) is 62.7 Å². The zero-order valence-corrected chi connectivity index (χ0v) is 15.2. The number of carbonyl (C=O) groups excluding carboxylic acids is 1. The molecule has 2 aromatic rings. The van der Waals surface area contributed by atoms with E-state index in [1.165, 1.54) is 0 Å². The van der Waals surface area contributed by atoms with Gasteiger partial charge in [-0.2, -0.15) is 13.2 Å². The molecule has 0 bridgehead atoms. The molecule has 8 nitrogen and oxygen atoms in total. The lowest BCUT2D eigenvalue weighted by Gasteiger charge is -2.12. The number of hydrogen-bond acceptors (Lipinski definition) is 6. The Hall–Kier alpha value is -3.34. The molecule has 0 aliphatic rings. The van der Waals surface area contributed by atoms with Gasteiger partial charge in [0.15, 0.2) is 6.10 Å². The minimum atomic E-state index is -4.62. The molecule has 0 radical (unpaired) electrons. The molecule has 0 aliphatic carbocycles. The maximum Gasteiger partial charge on any atom is 0.416 e. The van der Waals surface area contributed by atoms with E-state index in [9.17, 15) is 32.9 Å². The number of aliphatic carboxylic acids is 1. The molecule has 2 rings (SSSR count). The molecule has 0 heterocycles. The average Bonchev–Trinajstić information content (AvgIpc) is 2.62. The van der Waals surface area contributed by atoms with E-state index in [1.807, 2.05) is 0 Å². The molecule has 0 aliphatic heterocycles. The molecule has 0 spiro atoms.